The molecule has 108 valence electrons. The number of carboxylic acids is 1. The minimum Gasteiger partial charge on any atom is -0.478 e. The Morgan fingerprint density at radius 1 is 1.14 bits per heavy atom. The molecule has 0 aliphatic heterocycles. The van der Waals surface area contributed by atoms with Crippen molar-refractivity contribution >= 4 is 27.8 Å². The first-order valence-corrected chi connectivity index (χ1v) is 6.83. The Morgan fingerprint density at radius 2 is 1.81 bits per heavy atom. The predicted octanol–water partition coefficient (Wildman–Crippen LogP) is 3.22. The van der Waals surface area contributed by atoms with E-state index in [1.54, 1.807) is 12.1 Å². The van der Waals surface area contributed by atoms with Crippen LogP contribution in [0, 0.1) is 5.82 Å². The molecule has 0 atom stereocenters. The topological polar surface area (TPSA) is 66.4 Å². The third-order valence-corrected chi connectivity index (χ3v) is 3.66. The molecule has 2 aromatic rings. The molecule has 0 saturated heterocycles. The molecule has 2 rings (SSSR count). The van der Waals surface area contributed by atoms with Crippen LogP contribution >= 0.6 is 15.9 Å². The molecule has 0 heterocycles. The zero-order chi connectivity index (χ0) is 15.4. The fraction of sp³-hybridized carbons (Fsp3) is 0.0667. The number of carbonyl (C=O) groups excluding carboxylic acids is 1. The van der Waals surface area contributed by atoms with Crippen molar-refractivity contribution < 1.29 is 19.1 Å². The summed E-state index contributed by atoms with van der Waals surface area (Å²) < 4.78 is 13.5. The number of hydrogen-bond donors (Lipinski definition) is 2. The smallest absolute Gasteiger partial charge is 0.335 e. The van der Waals surface area contributed by atoms with Crippen LogP contribution < -0.4 is 5.32 Å². The second kappa shape index (κ2) is 6.49. The summed E-state index contributed by atoms with van der Waals surface area (Å²) in [5.74, 6) is -1.92. The Kier molecular flexibility index (Phi) is 4.70. The molecule has 4 nitrogen and oxygen atoms in total. The molecule has 2 N–H and O–H groups in total. The summed E-state index contributed by atoms with van der Waals surface area (Å²) in [5.41, 5.74) is 1.14. The van der Waals surface area contributed by atoms with Crippen LogP contribution in [0.25, 0.3) is 0 Å². The quantitative estimate of drug-likeness (QED) is 0.888. The van der Waals surface area contributed by atoms with Crippen LogP contribution in [0.1, 0.15) is 26.3 Å². The van der Waals surface area contributed by atoms with Crippen molar-refractivity contribution in [3.05, 3.63) is 69.4 Å². The van der Waals surface area contributed by atoms with Gasteiger partial charge in [-0.3, -0.25) is 4.79 Å². The lowest BCUT2D eigenvalue weighted by molar-refractivity contribution is 0.0696. The molecule has 6 heteroatoms. The summed E-state index contributed by atoms with van der Waals surface area (Å²) in [5, 5.41) is 11.4. The predicted molar refractivity (Wildman–Crippen MR) is 78.7 cm³/mol. The van der Waals surface area contributed by atoms with Crippen molar-refractivity contribution in [1.29, 1.82) is 0 Å². The number of benzene rings is 2. The van der Waals surface area contributed by atoms with Crippen molar-refractivity contribution in [2.24, 2.45) is 0 Å². The number of nitrogens with one attached hydrogen (secondary N) is 1. The Bertz CT molecular complexity index is 686. The van der Waals surface area contributed by atoms with Crippen LogP contribution in [0.15, 0.2) is 46.9 Å². The molecule has 0 bridgehead atoms. The second-order valence-electron chi connectivity index (χ2n) is 4.29. The number of carboxylic acid groups (broad SMARTS) is 1. The molecule has 1 amide bonds. The summed E-state index contributed by atoms with van der Waals surface area (Å²) >= 11 is 3.03. The Balaban J connectivity index is 2.04. The van der Waals surface area contributed by atoms with Crippen LogP contribution in [0.4, 0.5) is 4.39 Å². The standard InChI is InChI=1S/C15H11BrFNO3/c16-13-11(2-1-3-12(13)17)14(19)18-8-9-4-6-10(7-5-9)15(20)21/h1-7H,8H2,(H,18,19)(H,20,21). The number of carbonyl (C=O) groups is 2. The van der Waals surface area contributed by atoms with Crippen LogP contribution in [0.3, 0.4) is 0 Å². The highest BCUT2D eigenvalue weighted by Crippen LogP contribution is 2.20. The van der Waals surface area contributed by atoms with Crippen molar-refractivity contribution in [3.63, 3.8) is 0 Å². The fourth-order valence-electron chi connectivity index (χ4n) is 1.72. The lowest BCUT2D eigenvalue weighted by Crippen LogP contribution is -2.23. The molecule has 0 radical (unpaired) electrons. The first kappa shape index (κ1) is 15.2. The van der Waals surface area contributed by atoms with Gasteiger partial charge in [-0.05, 0) is 45.8 Å². The molecule has 2 aromatic carbocycles. The average molecular weight is 352 g/mol. The number of aromatic carboxylic acids is 1. The van der Waals surface area contributed by atoms with Gasteiger partial charge in [0.1, 0.15) is 5.82 Å². The molecule has 0 fully saturated rings. The van der Waals surface area contributed by atoms with Gasteiger partial charge in [0, 0.05) is 6.54 Å². The highest BCUT2D eigenvalue weighted by atomic mass is 79.9. The van der Waals surface area contributed by atoms with Crippen LogP contribution in [0.2, 0.25) is 0 Å². The summed E-state index contributed by atoms with van der Waals surface area (Å²) in [4.78, 5) is 22.7. The van der Waals surface area contributed by atoms with E-state index in [2.05, 4.69) is 21.2 Å². The Labute approximate surface area is 128 Å². The molecular weight excluding hydrogens is 341 g/mol. The average Bonchev–Trinajstić information content (AvgIpc) is 2.48. The minimum absolute atomic E-state index is 0.115. The summed E-state index contributed by atoms with van der Waals surface area (Å²) in [6.45, 7) is 0.224. The van der Waals surface area contributed by atoms with E-state index in [1.807, 2.05) is 0 Å². The van der Waals surface area contributed by atoms with Gasteiger partial charge < -0.3 is 10.4 Å². The van der Waals surface area contributed by atoms with E-state index in [-0.39, 0.29) is 22.1 Å². The van der Waals surface area contributed by atoms with Crippen molar-refractivity contribution in [1.82, 2.24) is 5.32 Å². The monoisotopic (exact) mass is 351 g/mol. The summed E-state index contributed by atoms with van der Waals surface area (Å²) in [7, 11) is 0. The minimum atomic E-state index is -1.01. The molecule has 0 aliphatic rings. The maximum atomic E-state index is 13.3. The van der Waals surface area contributed by atoms with Gasteiger partial charge in [0.05, 0.1) is 15.6 Å². The zero-order valence-electron chi connectivity index (χ0n) is 10.8. The number of hydrogen-bond acceptors (Lipinski definition) is 2. The van der Waals surface area contributed by atoms with Gasteiger partial charge in [-0.2, -0.15) is 0 Å². The molecular formula is C15H11BrFNO3. The lowest BCUT2D eigenvalue weighted by Gasteiger charge is -2.07. The normalized spacial score (nSPS) is 10.2. The fourth-order valence-corrected chi connectivity index (χ4v) is 2.17. The first-order valence-electron chi connectivity index (χ1n) is 6.03. The van der Waals surface area contributed by atoms with Crippen molar-refractivity contribution in [3.8, 4) is 0 Å². The van der Waals surface area contributed by atoms with Gasteiger partial charge in [-0.15, -0.1) is 0 Å². The third-order valence-electron chi connectivity index (χ3n) is 2.85. The van der Waals surface area contributed by atoms with Crippen LogP contribution in [-0.2, 0) is 6.54 Å². The molecule has 21 heavy (non-hydrogen) atoms. The molecule has 0 spiro atoms. The van der Waals surface area contributed by atoms with E-state index in [0.29, 0.717) is 0 Å². The van der Waals surface area contributed by atoms with E-state index < -0.39 is 17.7 Å². The Morgan fingerprint density at radius 3 is 2.43 bits per heavy atom. The van der Waals surface area contributed by atoms with Gasteiger partial charge in [0.15, 0.2) is 0 Å². The maximum absolute atomic E-state index is 13.3. The van der Waals surface area contributed by atoms with Gasteiger partial charge in [-0.25, -0.2) is 9.18 Å². The first-order chi connectivity index (χ1) is 9.99. The molecule has 0 unspecified atom stereocenters. The molecule has 0 saturated carbocycles. The highest BCUT2D eigenvalue weighted by molar-refractivity contribution is 9.10. The Hall–Kier alpha value is -2.21. The SMILES string of the molecule is O=C(O)c1ccc(CNC(=O)c2cccc(F)c2Br)cc1. The number of amides is 1. The number of rotatable bonds is 4. The molecule has 0 aromatic heterocycles. The van der Waals surface area contributed by atoms with Crippen LogP contribution in [-0.4, -0.2) is 17.0 Å². The van der Waals surface area contributed by atoms with E-state index in [0.717, 1.165) is 5.56 Å². The van der Waals surface area contributed by atoms with Crippen molar-refractivity contribution in [2.75, 3.05) is 0 Å². The van der Waals surface area contributed by atoms with E-state index >= 15 is 0 Å². The highest BCUT2D eigenvalue weighted by Gasteiger charge is 2.12. The van der Waals surface area contributed by atoms with Crippen LogP contribution in [0.5, 0.6) is 0 Å². The van der Waals surface area contributed by atoms with Gasteiger partial charge in [0.25, 0.3) is 5.91 Å². The third kappa shape index (κ3) is 3.66. The summed E-state index contributed by atoms with van der Waals surface area (Å²) in [6.07, 6.45) is 0. The lowest BCUT2D eigenvalue weighted by atomic mass is 10.1. The van der Waals surface area contributed by atoms with Crippen molar-refractivity contribution in [2.45, 2.75) is 6.54 Å². The van der Waals surface area contributed by atoms with Gasteiger partial charge >= 0.3 is 5.97 Å². The second-order valence-corrected chi connectivity index (χ2v) is 5.08. The zero-order valence-corrected chi connectivity index (χ0v) is 12.4. The largest absolute Gasteiger partial charge is 0.478 e. The number of halogens is 2. The van der Waals surface area contributed by atoms with Gasteiger partial charge in [0.2, 0.25) is 0 Å². The van der Waals surface area contributed by atoms with E-state index in [1.165, 1.54) is 30.3 Å². The van der Waals surface area contributed by atoms with E-state index in [9.17, 15) is 14.0 Å². The summed E-state index contributed by atoms with van der Waals surface area (Å²) in [6, 6.07) is 10.4. The van der Waals surface area contributed by atoms with Gasteiger partial charge in [-0.1, -0.05) is 18.2 Å². The molecule has 0 aliphatic carbocycles. The maximum Gasteiger partial charge on any atom is 0.335 e. The van der Waals surface area contributed by atoms with E-state index in [4.69, 9.17) is 5.11 Å².